The van der Waals surface area contributed by atoms with Crippen LogP contribution in [0.2, 0.25) is 0 Å². The number of hydrogen-bond donors (Lipinski definition) is 2. The first kappa shape index (κ1) is 13.0. The van der Waals surface area contributed by atoms with Crippen LogP contribution in [0.3, 0.4) is 0 Å². The maximum Gasteiger partial charge on any atom is 0.264 e. The topological polar surface area (TPSA) is 50.7 Å². The fourth-order valence-corrected chi connectivity index (χ4v) is 1.90. The molecule has 0 aromatic heterocycles. The molecule has 0 fully saturated rings. The minimum absolute atomic E-state index is 0.170. The molecule has 1 aliphatic heterocycles. The lowest BCUT2D eigenvalue weighted by atomic mass is 10.0. The number of likely N-dealkylation sites (N-methyl/N-ethyl adjacent to an activating group) is 1. The zero-order valence-electron chi connectivity index (χ0n) is 9.95. The molecule has 0 aliphatic carbocycles. The number of aliphatic hydroxyl groups is 1. The van der Waals surface area contributed by atoms with E-state index in [0.29, 0.717) is 24.7 Å². The van der Waals surface area contributed by atoms with Crippen LogP contribution in [-0.4, -0.2) is 31.9 Å². The highest BCUT2D eigenvalue weighted by molar-refractivity contribution is 5.49. The third kappa shape index (κ3) is 2.54. The molecule has 0 spiro atoms. The fourth-order valence-electron chi connectivity index (χ4n) is 1.90. The normalized spacial score (nSPS) is 15.8. The molecule has 2 rings (SSSR count). The Kier molecular flexibility index (Phi) is 3.98. The zero-order chi connectivity index (χ0) is 13.1. The first-order valence-electron chi connectivity index (χ1n) is 5.67. The first-order valence-corrected chi connectivity index (χ1v) is 5.67. The summed E-state index contributed by atoms with van der Waals surface area (Å²) in [5, 5.41) is 12.6. The summed E-state index contributed by atoms with van der Waals surface area (Å²) in [5.74, 6) is 0.702. The highest BCUT2D eigenvalue weighted by Crippen LogP contribution is 2.38. The third-order valence-corrected chi connectivity index (χ3v) is 2.74. The number of rotatable bonds is 4. The molecular weight excluding hydrogens is 244 g/mol. The number of benzene rings is 1. The van der Waals surface area contributed by atoms with Gasteiger partial charge in [-0.05, 0) is 24.7 Å². The molecule has 1 aromatic carbocycles. The van der Waals surface area contributed by atoms with E-state index in [0.717, 1.165) is 0 Å². The lowest BCUT2D eigenvalue weighted by Gasteiger charge is -2.22. The van der Waals surface area contributed by atoms with Crippen LogP contribution in [0, 0.1) is 0 Å². The van der Waals surface area contributed by atoms with Gasteiger partial charge in [0.25, 0.3) is 6.43 Å². The van der Waals surface area contributed by atoms with Crippen molar-refractivity contribution in [1.29, 1.82) is 0 Å². The van der Waals surface area contributed by atoms with Crippen molar-refractivity contribution >= 4 is 0 Å². The summed E-state index contributed by atoms with van der Waals surface area (Å²) in [7, 11) is 1.64. The minimum Gasteiger partial charge on any atom is -0.486 e. The summed E-state index contributed by atoms with van der Waals surface area (Å²) in [5.41, 5.74) is -0.0504. The van der Waals surface area contributed by atoms with Gasteiger partial charge in [-0.25, -0.2) is 8.78 Å². The second kappa shape index (κ2) is 5.49. The van der Waals surface area contributed by atoms with Crippen LogP contribution in [0.4, 0.5) is 8.78 Å². The molecule has 1 aliphatic rings. The molecule has 100 valence electrons. The molecule has 0 amide bonds. The minimum atomic E-state index is -2.66. The summed E-state index contributed by atoms with van der Waals surface area (Å²) in [6.45, 7) is 0.913. The van der Waals surface area contributed by atoms with Crippen molar-refractivity contribution in [3.8, 4) is 11.5 Å². The maximum atomic E-state index is 13.0. The van der Waals surface area contributed by atoms with Crippen LogP contribution < -0.4 is 14.8 Å². The molecule has 0 saturated carbocycles. The van der Waals surface area contributed by atoms with E-state index >= 15 is 0 Å². The molecule has 1 unspecified atom stereocenters. The summed E-state index contributed by atoms with van der Waals surface area (Å²) in [6, 6.07) is 2.67. The Morgan fingerprint density at radius 3 is 2.28 bits per heavy atom. The van der Waals surface area contributed by atoms with E-state index in [4.69, 9.17) is 9.47 Å². The van der Waals surface area contributed by atoms with Crippen molar-refractivity contribution in [3.05, 3.63) is 23.3 Å². The van der Waals surface area contributed by atoms with Crippen molar-refractivity contribution < 1.29 is 23.4 Å². The zero-order valence-corrected chi connectivity index (χ0v) is 9.95. The Hall–Kier alpha value is -1.40. The second-order valence-electron chi connectivity index (χ2n) is 4.00. The first-order chi connectivity index (χ1) is 8.63. The molecule has 1 atom stereocenters. The van der Waals surface area contributed by atoms with Gasteiger partial charge in [-0.3, -0.25) is 0 Å². The quantitative estimate of drug-likeness (QED) is 0.863. The van der Waals surface area contributed by atoms with E-state index in [-0.39, 0.29) is 17.7 Å². The molecule has 2 N–H and O–H groups in total. The van der Waals surface area contributed by atoms with Crippen LogP contribution in [0.5, 0.6) is 11.5 Å². The van der Waals surface area contributed by atoms with Crippen molar-refractivity contribution in [2.75, 3.05) is 26.8 Å². The average Bonchev–Trinajstić information content (AvgIpc) is 2.37. The Morgan fingerprint density at radius 2 is 1.78 bits per heavy atom. The maximum absolute atomic E-state index is 13.0. The van der Waals surface area contributed by atoms with E-state index < -0.39 is 12.5 Å². The number of aliphatic hydroxyl groups excluding tert-OH is 1. The third-order valence-electron chi connectivity index (χ3n) is 2.74. The van der Waals surface area contributed by atoms with E-state index in [9.17, 15) is 13.9 Å². The van der Waals surface area contributed by atoms with Gasteiger partial charge in [0.05, 0.1) is 6.10 Å². The molecular formula is C12H15F2NO3. The van der Waals surface area contributed by atoms with E-state index in [2.05, 4.69) is 5.32 Å². The molecule has 0 bridgehead atoms. The van der Waals surface area contributed by atoms with Crippen LogP contribution in [-0.2, 0) is 0 Å². The average molecular weight is 259 g/mol. The fraction of sp³-hybridized carbons (Fsp3) is 0.500. The van der Waals surface area contributed by atoms with E-state index in [1.807, 2.05) is 0 Å². The Morgan fingerprint density at radius 1 is 1.22 bits per heavy atom. The Bertz CT molecular complexity index is 426. The van der Waals surface area contributed by atoms with E-state index in [1.54, 1.807) is 7.05 Å². The summed E-state index contributed by atoms with van der Waals surface area (Å²) >= 11 is 0. The number of ether oxygens (including phenoxy) is 2. The van der Waals surface area contributed by atoms with Crippen LogP contribution >= 0.6 is 0 Å². The van der Waals surface area contributed by atoms with Gasteiger partial charge in [0, 0.05) is 12.1 Å². The number of hydrogen-bond acceptors (Lipinski definition) is 4. The van der Waals surface area contributed by atoms with Gasteiger partial charge in [-0.1, -0.05) is 0 Å². The highest BCUT2D eigenvalue weighted by atomic mass is 19.3. The molecule has 0 radical (unpaired) electrons. The van der Waals surface area contributed by atoms with Crippen LogP contribution in [0.1, 0.15) is 23.7 Å². The van der Waals surface area contributed by atoms with Crippen molar-refractivity contribution in [2.45, 2.75) is 12.5 Å². The van der Waals surface area contributed by atoms with E-state index in [1.165, 1.54) is 12.1 Å². The number of fused-ring (bicyclic) bond motifs is 1. The van der Waals surface area contributed by atoms with Gasteiger partial charge >= 0.3 is 0 Å². The van der Waals surface area contributed by atoms with Gasteiger partial charge in [0.1, 0.15) is 13.2 Å². The standard InChI is InChI=1S/C12H15F2NO3/c1-15-6-9(16)7-4-10-11(18-3-2-17-10)5-8(7)12(13)14/h4-5,9,12,15-16H,2-3,6H2,1H3. The predicted molar refractivity (Wildman–Crippen MR) is 61.3 cm³/mol. The SMILES string of the molecule is CNCC(O)c1cc2c(cc1C(F)F)OCCO2. The van der Waals surface area contributed by atoms with Crippen molar-refractivity contribution in [3.63, 3.8) is 0 Å². The predicted octanol–water partition coefficient (Wildman–Crippen LogP) is 1.65. The van der Waals surface area contributed by atoms with Crippen molar-refractivity contribution in [2.24, 2.45) is 0 Å². The Labute approximate surface area is 104 Å². The van der Waals surface area contributed by atoms with Crippen LogP contribution in [0.15, 0.2) is 12.1 Å². The lowest BCUT2D eigenvalue weighted by Crippen LogP contribution is -2.20. The molecule has 4 nitrogen and oxygen atoms in total. The van der Waals surface area contributed by atoms with Gasteiger partial charge in [-0.2, -0.15) is 0 Å². The second-order valence-corrected chi connectivity index (χ2v) is 4.00. The van der Waals surface area contributed by atoms with Gasteiger partial charge in [0.2, 0.25) is 0 Å². The number of halogens is 2. The monoisotopic (exact) mass is 259 g/mol. The smallest absolute Gasteiger partial charge is 0.264 e. The van der Waals surface area contributed by atoms with Gasteiger partial charge < -0.3 is 19.9 Å². The van der Waals surface area contributed by atoms with Crippen LogP contribution in [0.25, 0.3) is 0 Å². The summed E-state index contributed by atoms with van der Waals surface area (Å²) in [4.78, 5) is 0. The number of alkyl halides is 2. The lowest BCUT2D eigenvalue weighted by molar-refractivity contribution is 0.131. The van der Waals surface area contributed by atoms with Gasteiger partial charge in [-0.15, -0.1) is 0 Å². The molecule has 6 heteroatoms. The largest absolute Gasteiger partial charge is 0.486 e. The summed E-state index contributed by atoms with van der Waals surface area (Å²) in [6.07, 6.45) is -3.67. The Balaban J connectivity index is 2.42. The summed E-state index contributed by atoms with van der Waals surface area (Å²) < 4.78 is 36.5. The molecule has 18 heavy (non-hydrogen) atoms. The van der Waals surface area contributed by atoms with Crippen molar-refractivity contribution in [1.82, 2.24) is 5.32 Å². The highest BCUT2D eigenvalue weighted by Gasteiger charge is 2.23. The number of nitrogens with one attached hydrogen (secondary N) is 1. The molecule has 0 saturated heterocycles. The molecule has 1 aromatic rings. The molecule has 1 heterocycles. The van der Waals surface area contributed by atoms with Gasteiger partial charge in [0.15, 0.2) is 11.5 Å².